The van der Waals surface area contributed by atoms with E-state index < -0.39 is 0 Å². The van der Waals surface area contributed by atoms with Gasteiger partial charge < -0.3 is 4.90 Å². The summed E-state index contributed by atoms with van der Waals surface area (Å²) in [5.74, 6) is 0.881. The van der Waals surface area contributed by atoms with E-state index in [1.54, 1.807) is 0 Å². The second-order valence-electron chi connectivity index (χ2n) is 6.02. The van der Waals surface area contributed by atoms with Gasteiger partial charge in [0, 0.05) is 25.7 Å². The molecule has 2 heteroatoms. The van der Waals surface area contributed by atoms with Gasteiger partial charge in [-0.1, -0.05) is 26.7 Å². The van der Waals surface area contributed by atoms with Crippen molar-refractivity contribution >= 4 is 0 Å². The van der Waals surface area contributed by atoms with Crippen LogP contribution in [0.3, 0.4) is 0 Å². The molecule has 0 N–H and O–H groups in total. The first-order valence-electron chi connectivity index (χ1n) is 7.22. The lowest BCUT2D eigenvalue weighted by molar-refractivity contribution is 0.103. The normalized spacial score (nSPS) is 27.6. The molecule has 2 rings (SSSR count). The molecule has 0 aromatic heterocycles. The SMILES string of the molecule is CC(C)CCCCN1CCN2CCCC2C1. The lowest BCUT2D eigenvalue weighted by Gasteiger charge is -2.37. The van der Waals surface area contributed by atoms with E-state index in [9.17, 15) is 0 Å². The molecule has 0 radical (unpaired) electrons. The minimum absolute atomic E-state index is 0.881. The van der Waals surface area contributed by atoms with Gasteiger partial charge in [0.15, 0.2) is 0 Å². The Morgan fingerprint density at radius 2 is 2.00 bits per heavy atom. The van der Waals surface area contributed by atoms with Gasteiger partial charge in [-0.2, -0.15) is 0 Å². The molecule has 0 amide bonds. The van der Waals surface area contributed by atoms with Crippen molar-refractivity contribution in [1.29, 1.82) is 0 Å². The number of piperazine rings is 1. The highest BCUT2D eigenvalue weighted by Gasteiger charge is 2.29. The van der Waals surface area contributed by atoms with Crippen molar-refractivity contribution < 1.29 is 0 Å². The maximum atomic E-state index is 2.70. The maximum Gasteiger partial charge on any atom is 0.0224 e. The summed E-state index contributed by atoms with van der Waals surface area (Å²) in [4.78, 5) is 5.40. The summed E-state index contributed by atoms with van der Waals surface area (Å²) in [6, 6.07) is 0.902. The molecule has 0 saturated carbocycles. The minimum Gasteiger partial charge on any atom is -0.301 e. The summed E-state index contributed by atoms with van der Waals surface area (Å²) in [5, 5.41) is 0. The largest absolute Gasteiger partial charge is 0.301 e. The Labute approximate surface area is 101 Å². The van der Waals surface area contributed by atoms with Gasteiger partial charge in [0.2, 0.25) is 0 Å². The average molecular weight is 224 g/mol. The van der Waals surface area contributed by atoms with Crippen LogP contribution in [-0.2, 0) is 0 Å². The van der Waals surface area contributed by atoms with Crippen molar-refractivity contribution in [2.45, 2.75) is 52.0 Å². The third-order valence-electron chi connectivity index (χ3n) is 4.18. The Hall–Kier alpha value is -0.0800. The molecule has 0 bridgehead atoms. The molecule has 0 aromatic carbocycles. The van der Waals surface area contributed by atoms with Gasteiger partial charge in [0.1, 0.15) is 0 Å². The zero-order chi connectivity index (χ0) is 11.4. The van der Waals surface area contributed by atoms with Crippen molar-refractivity contribution in [3.05, 3.63) is 0 Å². The van der Waals surface area contributed by atoms with Crippen LogP contribution >= 0.6 is 0 Å². The van der Waals surface area contributed by atoms with E-state index in [2.05, 4.69) is 23.6 Å². The van der Waals surface area contributed by atoms with Gasteiger partial charge in [-0.25, -0.2) is 0 Å². The van der Waals surface area contributed by atoms with E-state index >= 15 is 0 Å². The van der Waals surface area contributed by atoms with Crippen LogP contribution < -0.4 is 0 Å². The number of hydrogen-bond acceptors (Lipinski definition) is 2. The standard InChI is InChI=1S/C14H28N2/c1-13(2)6-3-4-8-15-10-11-16-9-5-7-14(16)12-15/h13-14H,3-12H2,1-2H3. The molecule has 0 aliphatic carbocycles. The van der Waals surface area contributed by atoms with E-state index in [1.165, 1.54) is 64.8 Å². The lowest BCUT2D eigenvalue weighted by atomic mass is 10.1. The van der Waals surface area contributed by atoms with Crippen LogP contribution in [0.4, 0.5) is 0 Å². The van der Waals surface area contributed by atoms with E-state index in [4.69, 9.17) is 0 Å². The highest BCUT2D eigenvalue weighted by molar-refractivity contribution is 4.86. The molecule has 1 atom stereocenters. The zero-order valence-corrected chi connectivity index (χ0v) is 11.1. The first kappa shape index (κ1) is 12.4. The van der Waals surface area contributed by atoms with Gasteiger partial charge in [-0.15, -0.1) is 0 Å². The molecular weight excluding hydrogens is 196 g/mol. The average Bonchev–Trinajstić information content (AvgIpc) is 2.71. The maximum absolute atomic E-state index is 2.70. The predicted molar refractivity (Wildman–Crippen MR) is 69.7 cm³/mol. The van der Waals surface area contributed by atoms with Crippen LogP contribution in [0.15, 0.2) is 0 Å². The first-order valence-corrected chi connectivity index (χ1v) is 7.22. The monoisotopic (exact) mass is 224 g/mol. The Kier molecular flexibility index (Phi) is 4.66. The summed E-state index contributed by atoms with van der Waals surface area (Å²) in [6.07, 6.45) is 7.12. The Bertz CT molecular complexity index is 203. The van der Waals surface area contributed by atoms with Crippen LogP contribution in [0, 0.1) is 5.92 Å². The summed E-state index contributed by atoms with van der Waals surface area (Å²) in [7, 11) is 0. The third kappa shape index (κ3) is 3.46. The van der Waals surface area contributed by atoms with Crippen LogP contribution in [-0.4, -0.2) is 48.6 Å². The third-order valence-corrected chi connectivity index (χ3v) is 4.18. The number of hydrogen-bond donors (Lipinski definition) is 0. The summed E-state index contributed by atoms with van der Waals surface area (Å²) in [6.45, 7) is 11.4. The van der Waals surface area contributed by atoms with Gasteiger partial charge in [-0.05, 0) is 38.3 Å². The number of rotatable bonds is 5. The smallest absolute Gasteiger partial charge is 0.0224 e. The van der Waals surface area contributed by atoms with Crippen molar-refractivity contribution in [2.24, 2.45) is 5.92 Å². The summed E-state index contributed by atoms with van der Waals surface area (Å²) >= 11 is 0. The number of unbranched alkanes of at least 4 members (excludes halogenated alkanes) is 1. The van der Waals surface area contributed by atoms with Gasteiger partial charge in [0.05, 0.1) is 0 Å². The molecule has 94 valence electrons. The molecule has 2 nitrogen and oxygen atoms in total. The molecule has 0 aromatic rings. The highest BCUT2D eigenvalue weighted by Crippen LogP contribution is 2.21. The number of fused-ring (bicyclic) bond motifs is 1. The van der Waals surface area contributed by atoms with Crippen molar-refractivity contribution in [3.8, 4) is 0 Å². The number of nitrogens with zero attached hydrogens (tertiary/aromatic N) is 2. The quantitative estimate of drug-likeness (QED) is 0.662. The fourth-order valence-electron chi connectivity index (χ4n) is 3.15. The first-order chi connectivity index (χ1) is 7.75. The van der Waals surface area contributed by atoms with E-state index in [0.29, 0.717) is 0 Å². The Morgan fingerprint density at radius 3 is 2.81 bits per heavy atom. The minimum atomic E-state index is 0.881. The van der Waals surface area contributed by atoms with Crippen molar-refractivity contribution in [1.82, 2.24) is 9.80 Å². The molecule has 16 heavy (non-hydrogen) atoms. The van der Waals surface area contributed by atoms with Crippen LogP contribution in [0.2, 0.25) is 0 Å². The zero-order valence-electron chi connectivity index (χ0n) is 11.1. The van der Waals surface area contributed by atoms with Gasteiger partial charge in [0.25, 0.3) is 0 Å². The van der Waals surface area contributed by atoms with E-state index in [1.807, 2.05) is 0 Å². The highest BCUT2D eigenvalue weighted by atomic mass is 15.3. The molecule has 2 fully saturated rings. The Morgan fingerprint density at radius 1 is 1.12 bits per heavy atom. The van der Waals surface area contributed by atoms with E-state index in [-0.39, 0.29) is 0 Å². The molecule has 2 aliphatic heterocycles. The molecule has 2 heterocycles. The Balaban J connectivity index is 1.60. The molecular formula is C14H28N2. The molecule has 0 spiro atoms. The predicted octanol–water partition coefficient (Wildman–Crippen LogP) is 2.59. The van der Waals surface area contributed by atoms with Crippen LogP contribution in [0.5, 0.6) is 0 Å². The topological polar surface area (TPSA) is 6.48 Å². The molecule has 2 saturated heterocycles. The fourth-order valence-corrected chi connectivity index (χ4v) is 3.15. The van der Waals surface area contributed by atoms with Crippen LogP contribution in [0.1, 0.15) is 46.0 Å². The van der Waals surface area contributed by atoms with Gasteiger partial charge >= 0.3 is 0 Å². The fraction of sp³-hybridized carbons (Fsp3) is 1.00. The van der Waals surface area contributed by atoms with Crippen molar-refractivity contribution in [3.63, 3.8) is 0 Å². The van der Waals surface area contributed by atoms with E-state index in [0.717, 1.165) is 12.0 Å². The molecule has 2 aliphatic rings. The van der Waals surface area contributed by atoms with Crippen LogP contribution in [0.25, 0.3) is 0 Å². The van der Waals surface area contributed by atoms with Crippen molar-refractivity contribution in [2.75, 3.05) is 32.7 Å². The lowest BCUT2D eigenvalue weighted by Crippen LogP contribution is -2.50. The molecule has 1 unspecified atom stereocenters. The van der Waals surface area contributed by atoms with Gasteiger partial charge in [-0.3, -0.25) is 4.90 Å². The second kappa shape index (κ2) is 6.02. The summed E-state index contributed by atoms with van der Waals surface area (Å²) in [5.41, 5.74) is 0. The second-order valence-corrected chi connectivity index (χ2v) is 6.02. The summed E-state index contributed by atoms with van der Waals surface area (Å²) < 4.78 is 0.